The molecular weight excluding hydrogens is 309 g/mol. The van der Waals surface area contributed by atoms with E-state index in [1.54, 1.807) is 12.1 Å². The van der Waals surface area contributed by atoms with Gasteiger partial charge in [0.2, 0.25) is 0 Å². The van der Waals surface area contributed by atoms with Crippen molar-refractivity contribution in [2.75, 3.05) is 6.54 Å². The molecule has 1 N–H and O–H groups in total. The van der Waals surface area contributed by atoms with E-state index in [1.807, 2.05) is 0 Å². The van der Waals surface area contributed by atoms with Gasteiger partial charge in [-0.2, -0.15) is 0 Å². The van der Waals surface area contributed by atoms with Crippen molar-refractivity contribution in [1.29, 1.82) is 0 Å². The molecule has 0 radical (unpaired) electrons. The van der Waals surface area contributed by atoms with E-state index in [0.29, 0.717) is 10.0 Å². The topological polar surface area (TPSA) is 29.1 Å². The molecule has 1 aromatic rings. The first kappa shape index (κ1) is 14.7. The second kappa shape index (κ2) is 6.14. The van der Waals surface area contributed by atoms with Gasteiger partial charge in [0.1, 0.15) is 5.82 Å². The fourth-order valence-corrected chi connectivity index (χ4v) is 3.16. The molecule has 104 valence electrons. The van der Waals surface area contributed by atoms with Crippen LogP contribution in [-0.2, 0) is 11.2 Å². The molecule has 0 aliphatic carbocycles. The van der Waals surface area contributed by atoms with E-state index in [1.165, 1.54) is 6.07 Å². The van der Waals surface area contributed by atoms with Crippen molar-refractivity contribution in [3.8, 4) is 0 Å². The van der Waals surface area contributed by atoms with Gasteiger partial charge in [0.25, 0.3) is 0 Å². The van der Waals surface area contributed by atoms with Crippen LogP contribution < -0.4 is 5.32 Å². The Morgan fingerprint density at radius 2 is 2.32 bits per heavy atom. The zero-order valence-electron chi connectivity index (χ0n) is 11.1. The van der Waals surface area contributed by atoms with E-state index in [0.717, 1.165) is 32.2 Å². The van der Waals surface area contributed by atoms with Crippen molar-refractivity contribution in [3.63, 3.8) is 0 Å². The van der Waals surface area contributed by atoms with Gasteiger partial charge in [0.15, 0.2) is 5.78 Å². The number of nitrogens with one attached hydrogen (secondary N) is 1. The zero-order valence-corrected chi connectivity index (χ0v) is 12.7. The number of ketones is 1. The summed E-state index contributed by atoms with van der Waals surface area (Å²) in [6.45, 7) is 2.96. The number of carbonyl (C=O) groups is 1. The van der Waals surface area contributed by atoms with Crippen molar-refractivity contribution in [2.45, 2.75) is 44.6 Å². The minimum absolute atomic E-state index is 0.119. The maximum absolute atomic E-state index is 13.8. The summed E-state index contributed by atoms with van der Waals surface area (Å²) < 4.78 is 14.5. The van der Waals surface area contributed by atoms with E-state index in [2.05, 4.69) is 28.2 Å². The summed E-state index contributed by atoms with van der Waals surface area (Å²) in [6, 6.07) is 4.88. The van der Waals surface area contributed by atoms with Crippen LogP contribution in [0.2, 0.25) is 0 Å². The molecule has 1 unspecified atom stereocenters. The minimum Gasteiger partial charge on any atom is -0.305 e. The quantitative estimate of drug-likeness (QED) is 0.894. The van der Waals surface area contributed by atoms with Crippen molar-refractivity contribution in [1.82, 2.24) is 5.32 Å². The summed E-state index contributed by atoms with van der Waals surface area (Å²) in [6.07, 6.45) is 3.87. The predicted octanol–water partition coefficient (Wildman–Crippen LogP) is 3.62. The predicted molar refractivity (Wildman–Crippen MR) is 77.7 cm³/mol. The normalized spacial score (nSPS) is 22.7. The van der Waals surface area contributed by atoms with Gasteiger partial charge < -0.3 is 5.32 Å². The first-order chi connectivity index (χ1) is 9.07. The molecule has 0 amide bonds. The largest absolute Gasteiger partial charge is 0.305 e. The molecule has 1 heterocycles. The summed E-state index contributed by atoms with van der Waals surface area (Å²) in [5.74, 6) is -0.194. The number of hydrogen-bond acceptors (Lipinski definition) is 2. The molecular formula is C15H19BrFNO. The van der Waals surface area contributed by atoms with Crippen LogP contribution in [0.1, 0.15) is 38.2 Å². The summed E-state index contributed by atoms with van der Waals surface area (Å²) in [4.78, 5) is 12.5. The zero-order chi connectivity index (χ0) is 13.9. The lowest BCUT2D eigenvalue weighted by Crippen LogP contribution is -2.48. The molecule has 1 aromatic carbocycles. The molecule has 2 rings (SSSR count). The number of Topliss-reactive ketones (excluding diaryl/α,β-unsaturated/α-hetero) is 1. The van der Waals surface area contributed by atoms with Gasteiger partial charge in [0, 0.05) is 10.9 Å². The number of benzene rings is 1. The highest BCUT2D eigenvalue weighted by Gasteiger charge is 2.39. The van der Waals surface area contributed by atoms with Gasteiger partial charge in [0.05, 0.1) is 5.54 Å². The smallest absolute Gasteiger partial charge is 0.157 e. The lowest BCUT2D eigenvalue weighted by molar-refractivity contribution is -0.124. The fourth-order valence-electron chi connectivity index (χ4n) is 2.83. The maximum atomic E-state index is 13.8. The Morgan fingerprint density at radius 3 is 2.89 bits per heavy atom. The average molecular weight is 328 g/mol. The monoisotopic (exact) mass is 327 g/mol. The summed E-state index contributed by atoms with van der Waals surface area (Å²) in [7, 11) is 0. The van der Waals surface area contributed by atoms with E-state index < -0.39 is 5.54 Å². The standard InChI is InChI=1S/C15H19BrFNO/c1-2-6-15(7-3-8-18-15)14(19)9-11-4-5-12(16)10-13(11)17/h4-5,10,18H,2-3,6-9H2,1H3. The molecule has 0 saturated carbocycles. The molecule has 0 spiro atoms. The Labute approximate surface area is 121 Å². The molecule has 1 fully saturated rings. The van der Waals surface area contributed by atoms with Crippen LogP contribution in [-0.4, -0.2) is 17.9 Å². The Bertz CT molecular complexity index is 469. The van der Waals surface area contributed by atoms with Crippen LogP contribution in [0.5, 0.6) is 0 Å². The maximum Gasteiger partial charge on any atom is 0.157 e. The van der Waals surface area contributed by atoms with Crippen LogP contribution in [0.3, 0.4) is 0 Å². The lowest BCUT2D eigenvalue weighted by atomic mass is 9.84. The molecule has 4 heteroatoms. The molecule has 19 heavy (non-hydrogen) atoms. The van der Waals surface area contributed by atoms with Gasteiger partial charge in [-0.15, -0.1) is 0 Å². The van der Waals surface area contributed by atoms with Crippen LogP contribution in [0.25, 0.3) is 0 Å². The van der Waals surface area contributed by atoms with Crippen molar-refractivity contribution in [3.05, 3.63) is 34.1 Å². The van der Waals surface area contributed by atoms with E-state index in [-0.39, 0.29) is 18.0 Å². The van der Waals surface area contributed by atoms with Crippen molar-refractivity contribution < 1.29 is 9.18 Å². The minimum atomic E-state index is -0.422. The lowest BCUT2D eigenvalue weighted by Gasteiger charge is -2.27. The Morgan fingerprint density at radius 1 is 1.53 bits per heavy atom. The molecule has 1 aliphatic heterocycles. The third-order valence-electron chi connectivity index (χ3n) is 3.82. The number of halogens is 2. The summed E-state index contributed by atoms with van der Waals surface area (Å²) in [5, 5.41) is 3.34. The highest BCUT2D eigenvalue weighted by Crippen LogP contribution is 2.28. The van der Waals surface area contributed by atoms with E-state index >= 15 is 0 Å². The molecule has 1 atom stereocenters. The summed E-state index contributed by atoms with van der Waals surface area (Å²) in [5.41, 5.74) is 0.0613. The molecule has 2 nitrogen and oxygen atoms in total. The van der Waals surface area contributed by atoms with Gasteiger partial charge >= 0.3 is 0 Å². The van der Waals surface area contributed by atoms with Crippen LogP contribution in [0, 0.1) is 5.82 Å². The SMILES string of the molecule is CCCC1(C(=O)Cc2ccc(Br)cc2F)CCCN1. The van der Waals surface area contributed by atoms with Crippen LogP contribution in [0.4, 0.5) is 4.39 Å². The van der Waals surface area contributed by atoms with Gasteiger partial charge in [-0.25, -0.2) is 4.39 Å². The number of hydrogen-bond donors (Lipinski definition) is 1. The number of rotatable bonds is 5. The highest BCUT2D eigenvalue weighted by atomic mass is 79.9. The molecule has 0 bridgehead atoms. The van der Waals surface area contributed by atoms with E-state index in [9.17, 15) is 9.18 Å². The van der Waals surface area contributed by atoms with Crippen LogP contribution >= 0.6 is 15.9 Å². The average Bonchev–Trinajstić information content (AvgIpc) is 2.83. The van der Waals surface area contributed by atoms with Crippen LogP contribution in [0.15, 0.2) is 22.7 Å². The Kier molecular flexibility index (Phi) is 4.74. The second-order valence-corrected chi connectivity index (χ2v) is 6.11. The summed E-state index contributed by atoms with van der Waals surface area (Å²) >= 11 is 3.23. The Balaban J connectivity index is 2.15. The molecule has 1 saturated heterocycles. The van der Waals surface area contributed by atoms with Gasteiger partial charge in [-0.05, 0) is 43.5 Å². The fraction of sp³-hybridized carbons (Fsp3) is 0.533. The van der Waals surface area contributed by atoms with Gasteiger partial charge in [-0.1, -0.05) is 35.3 Å². The first-order valence-electron chi connectivity index (χ1n) is 6.79. The second-order valence-electron chi connectivity index (χ2n) is 5.20. The Hall–Kier alpha value is -0.740. The van der Waals surface area contributed by atoms with Crippen molar-refractivity contribution in [2.24, 2.45) is 0 Å². The molecule has 1 aliphatic rings. The third-order valence-corrected chi connectivity index (χ3v) is 4.31. The number of carbonyl (C=O) groups excluding carboxylic acids is 1. The highest BCUT2D eigenvalue weighted by molar-refractivity contribution is 9.10. The van der Waals surface area contributed by atoms with E-state index in [4.69, 9.17) is 0 Å². The van der Waals surface area contributed by atoms with Crippen molar-refractivity contribution >= 4 is 21.7 Å². The van der Waals surface area contributed by atoms with Gasteiger partial charge in [-0.3, -0.25) is 4.79 Å². The molecule has 0 aromatic heterocycles. The first-order valence-corrected chi connectivity index (χ1v) is 7.59. The third kappa shape index (κ3) is 3.23.